The molecule has 0 radical (unpaired) electrons. The number of benzene rings is 3. The number of nitrogens with zero attached hydrogens (tertiary/aromatic N) is 1. The third-order valence-corrected chi connectivity index (χ3v) is 6.53. The van der Waals surface area contributed by atoms with E-state index in [4.69, 9.17) is 5.14 Å². The molecule has 0 aromatic heterocycles. The summed E-state index contributed by atoms with van der Waals surface area (Å²) in [6, 6.07) is 25.2. The first-order valence-electron chi connectivity index (χ1n) is 10.2. The van der Waals surface area contributed by atoms with E-state index in [0.717, 1.165) is 16.7 Å². The van der Waals surface area contributed by atoms with Crippen molar-refractivity contribution in [1.29, 1.82) is 0 Å². The van der Waals surface area contributed by atoms with Gasteiger partial charge in [-0.15, -0.1) is 0 Å². The summed E-state index contributed by atoms with van der Waals surface area (Å²) in [7, 11) is -3.84. The Morgan fingerprint density at radius 2 is 1.52 bits per heavy atom. The monoisotopic (exact) mass is 435 g/mol. The molecule has 1 aliphatic rings. The predicted octanol–water partition coefficient (Wildman–Crippen LogP) is 3.29. The molecule has 0 aliphatic carbocycles. The predicted molar refractivity (Wildman–Crippen MR) is 123 cm³/mol. The standard InChI is InChI=1S/C24H25N3O3S/c25-31(29,30)27-14-13-20-11-12-22(17-23(20)27)26-24(28)21(15-18-7-3-1-4-8-18)16-19-9-5-2-6-10-19/h1-12,17,21H,13-16H2,(H,26,28)(H2,25,29,30). The van der Waals surface area contributed by atoms with Gasteiger partial charge in [0.15, 0.2) is 0 Å². The highest BCUT2D eigenvalue weighted by molar-refractivity contribution is 7.90. The van der Waals surface area contributed by atoms with E-state index in [2.05, 4.69) is 5.32 Å². The molecule has 1 aliphatic heterocycles. The molecule has 4 rings (SSSR count). The number of hydrogen-bond acceptors (Lipinski definition) is 3. The third kappa shape index (κ3) is 5.13. The van der Waals surface area contributed by atoms with E-state index in [1.54, 1.807) is 6.07 Å². The van der Waals surface area contributed by atoms with E-state index in [-0.39, 0.29) is 11.8 Å². The first kappa shape index (κ1) is 21.1. The Morgan fingerprint density at radius 3 is 2.06 bits per heavy atom. The van der Waals surface area contributed by atoms with Crippen molar-refractivity contribution in [2.75, 3.05) is 16.2 Å². The normalized spacial score (nSPS) is 13.3. The van der Waals surface area contributed by atoms with Crippen LogP contribution in [0.15, 0.2) is 78.9 Å². The maximum absolute atomic E-state index is 13.2. The number of carbonyl (C=O) groups excluding carboxylic acids is 1. The summed E-state index contributed by atoms with van der Waals surface area (Å²) in [5.74, 6) is -0.375. The molecule has 31 heavy (non-hydrogen) atoms. The average Bonchev–Trinajstić information content (AvgIpc) is 3.18. The lowest BCUT2D eigenvalue weighted by Gasteiger charge is -2.19. The molecule has 0 saturated heterocycles. The number of nitrogens with one attached hydrogen (secondary N) is 1. The smallest absolute Gasteiger partial charge is 0.299 e. The fraction of sp³-hybridized carbons (Fsp3) is 0.208. The maximum atomic E-state index is 13.2. The molecule has 1 heterocycles. The van der Waals surface area contributed by atoms with Crippen molar-refractivity contribution in [2.45, 2.75) is 19.3 Å². The average molecular weight is 436 g/mol. The van der Waals surface area contributed by atoms with Crippen LogP contribution >= 0.6 is 0 Å². The Kier molecular flexibility index (Phi) is 6.06. The van der Waals surface area contributed by atoms with Gasteiger partial charge in [0.2, 0.25) is 5.91 Å². The molecule has 3 aromatic rings. The van der Waals surface area contributed by atoms with Crippen molar-refractivity contribution in [3.63, 3.8) is 0 Å². The van der Waals surface area contributed by atoms with E-state index in [1.807, 2.05) is 72.8 Å². The third-order valence-electron chi connectivity index (χ3n) is 5.53. The van der Waals surface area contributed by atoms with Crippen LogP contribution in [-0.4, -0.2) is 20.9 Å². The number of carbonyl (C=O) groups is 1. The second kappa shape index (κ2) is 8.91. The van der Waals surface area contributed by atoms with Gasteiger partial charge in [0, 0.05) is 18.2 Å². The quantitative estimate of drug-likeness (QED) is 0.596. The fourth-order valence-corrected chi connectivity index (χ4v) is 4.78. The molecule has 0 atom stereocenters. The topological polar surface area (TPSA) is 92.5 Å². The number of rotatable bonds is 7. The first-order chi connectivity index (χ1) is 14.9. The maximum Gasteiger partial charge on any atom is 0.299 e. The lowest BCUT2D eigenvalue weighted by atomic mass is 9.91. The van der Waals surface area contributed by atoms with Gasteiger partial charge < -0.3 is 5.32 Å². The van der Waals surface area contributed by atoms with Gasteiger partial charge in [-0.1, -0.05) is 66.7 Å². The summed E-state index contributed by atoms with van der Waals surface area (Å²) < 4.78 is 24.9. The highest BCUT2D eigenvalue weighted by Gasteiger charge is 2.27. The second-order valence-electron chi connectivity index (χ2n) is 7.78. The molecule has 0 saturated carbocycles. The van der Waals surface area contributed by atoms with Crippen molar-refractivity contribution in [3.05, 3.63) is 95.6 Å². The van der Waals surface area contributed by atoms with Crippen molar-refractivity contribution < 1.29 is 13.2 Å². The molecule has 7 heteroatoms. The number of anilines is 2. The van der Waals surface area contributed by atoms with E-state index >= 15 is 0 Å². The molecule has 6 nitrogen and oxygen atoms in total. The Bertz CT molecular complexity index is 1120. The van der Waals surface area contributed by atoms with Crippen molar-refractivity contribution in [3.8, 4) is 0 Å². The number of fused-ring (bicyclic) bond motifs is 1. The summed E-state index contributed by atoms with van der Waals surface area (Å²) in [5.41, 5.74) is 4.17. The molecule has 0 unspecified atom stereocenters. The summed E-state index contributed by atoms with van der Waals surface area (Å²) in [4.78, 5) is 13.2. The summed E-state index contributed by atoms with van der Waals surface area (Å²) in [5, 5.41) is 8.32. The van der Waals surface area contributed by atoms with Crippen LogP contribution in [-0.2, 0) is 34.3 Å². The van der Waals surface area contributed by atoms with Crippen LogP contribution in [0.25, 0.3) is 0 Å². The zero-order valence-electron chi connectivity index (χ0n) is 17.1. The molecule has 160 valence electrons. The molecule has 0 bridgehead atoms. The van der Waals surface area contributed by atoms with Crippen LogP contribution in [0.3, 0.4) is 0 Å². The molecular weight excluding hydrogens is 410 g/mol. The Morgan fingerprint density at radius 1 is 0.935 bits per heavy atom. The number of nitrogens with two attached hydrogens (primary N) is 1. The minimum Gasteiger partial charge on any atom is -0.326 e. The minimum absolute atomic E-state index is 0.104. The van der Waals surface area contributed by atoms with Gasteiger partial charge in [0.05, 0.1) is 5.69 Å². The van der Waals surface area contributed by atoms with Gasteiger partial charge in [-0.25, -0.2) is 5.14 Å². The van der Waals surface area contributed by atoms with E-state index in [9.17, 15) is 13.2 Å². The zero-order chi connectivity index (χ0) is 21.8. The largest absolute Gasteiger partial charge is 0.326 e. The molecule has 3 aromatic carbocycles. The van der Waals surface area contributed by atoms with Crippen LogP contribution < -0.4 is 14.8 Å². The zero-order valence-corrected chi connectivity index (χ0v) is 17.9. The fourth-order valence-electron chi connectivity index (χ4n) is 3.99. The highest BCUT2D eigenvalue weighted by atomic mass is 32.2. The van der Waals surface area contributed by atoms with Crippen LogP contribution in [0.1, 0.15) is 16.7 Å². The Hall–Kier alpha value is -3.16. The molecule has 0 spiro atoms. The highest BCUT2D eigenvalue weighted by Crippen LogP contribution is 2.32. The van der Waals surface area contributed by atoms with Gasteiger partial charge >= 0.3 is 0 Å². The van der Waals surface area contributed by atoms with Gasteiger partial charge in [-0.3, -0.25) is 9.10 Å². The molecular formula is C24H25N3O3S. The number of hydrogen-bond donors (Lipinski definition) is 2. The molecule has 3 N–H and O–H groups in total. The first-order valence-corrected chi connectivity index (χ1v) is 11.7. The van der Waals surface area contributed by atoms with Gasteiger partial charge in [0.25, 0.3) is 10.2 Å². The summed E-state index contributed by atoms with van der Waals surface area (Å²) in [6.07, 6.45) is 1.82. The summed E-state index contributed by atoms with van der Waals surface area (Å²) in [6.45, 7) is 0.316. The Labute approximate surface area is 182 Å². The van der Waals surface area contributed by atoms with Crippen LogP contribution in [0.5, 0.6) is 0 Å². The molecule has 0 fully saturated rings. The SMILES string of the molecule is NS(=O)(=O)N1CCc2ccc(NC(=O)C(Cc3ccccc3)Cc3ccccc3)cc21. The lowest BCUT2D eigenvalue weighted by Crippen LogP contribution is -2.35. The van der Waals surface area contributed by atoms with Crippen molar-refractivity contribution in [1.82, 2.24) is 0 Å². The van der Waals surface area contributed by atoms with Gasteiger partial charge in [-0.05, 0) is 48.1 Å². The van der Waals surface area contributed by atoms with E-state index in [0.29, 0.717) is 37.2 Å². The van der Waals surface area contributed by atoms with E-state index in [1.165, 1.54) is 4.31 Å². The number of amides is 1. The lowest BCUT2D eigenvalue weighted by molar-refractivity contribution is -0.119. The van der Waals surface area contributed by atoms with Crippen molar-refractivity contribution in [2.24, 2.45) is 11.1 Å². The van der Waals surface area contributed by atoms with E-state index < -0.39 is 10.2 Å². The Balaban J connectivity index is 1.56. The molecule has 1 amide bonds. The van der Waals surface area contributed by atoms with Gasteiger partial charge in [-0.2, -0.15) is 8.42 Å². The van der Waals surface area contributed by atoms with Crippen LogP contribution in [0.4, 0.5) is 11.4 Å². The van der Waals surface area contributed by atoms with Crippen LogP contribution in [0, 0.1) is 5.92 Å². The van der Waals surface area contributed by atoms with Crippen molar-refractivity contribution >= 4 is 27.5 Å². The van der Waals surface area contributed by atoms with Crippen LogP contribution in [0.2, 0.25) is 0 Å². The van der Waals surface area contributed by atoms with Gasteiger partial charge in [0.1, 0.15) is 0 Å². The minimum atomic E-state index is -3.84. The summed E-state index contributed by atoms with van der Waals surface area (Å²) >= 11 is 0. The second-order valence-corrected chi connectivity index (χ2v) is 9.25.